The van der Waals surface area contributed by atoms with E-state index in [0.717, 1.165) is 33.2 Å². The number of benzene rings is 3. The van der Waals surface area contributed by atoms with Crippen LogP contribution in [0.2, 0.25) is 0 Å². The molecule has 8 nitrogen and oxygen atoms in total. The lowest BCUT2D eigenvalue weighted by Crippen LogP contribution is -2.48. The molecule has 2 amide bonds. The number of aromatic nitrogens is 1. The molecule has 1 aliphatic rings. The number of ether oxygens (including phenoxy) is 2. The smallest absolute Gasteiger partial charge is 0.271 e. The second-order valence-corrected chi connectivity index (χ2v) is 11.5. The highest BCUT2D eigenvalue weighted by atomic mass is 16.5. The van der Waals surface area contributed by atoms with Crippen molar-refractivity contribution in [1.82, 2.24) is 14.4 Å². The molecule has 0 fully saturated rings. The fourth-order valence-electron chi connectivity index (χ4n) is 6.09. The van der Waals surface area contributed by atoms with Gasteiger partial charge in [-0.05, 0) is 29.7 Å². The number of likely N-dealkylation sites (N-methyl/N-ethyl adjacent to an activating group) is 1. The van der Waals surface area contributed by atoms with Gasteiger partial charge in [-0.15, -0.1) is 0 Å². The van der Waals surface area contributed by atoms with Crippen molar-refractivity contribution in [2.75, 3.05) is 33.9 Å². The molecule has 0 saturated carbocycles. The third kappa shape index (κ3) is 5.95. The molecule has 0 bridgehead atoms. The summed E-state index contributed by atoms with van der Waals surface area (Å²) in [5.41, 5.74) is 5.08. The maximum absolute atomic E-state index is 14.5. The van der Waals surface area contributed by atoms with Crippen molar-refractivity contribution >= 4 is 22.7 Å². The van der Waals surface area contributed by atoms with Crippen LogP contribution in [-0.4, -0.2) is 77.3 Å². The van der Waals surface area contributed by atoms with Crippen molar-refractivity contribution < 1.29 is 24.2 Å². The number of carbonyl (C=O) groups excluding carboxylic acids is 2. The Bertz CT molecular complexity index is 1580. The first-order valence-electron chi connectivity index (χ1n) is 14.8. The topological polar surface area (TPSA) is 84.2 Å². The summed E-state index contributed by atoms with van der Waals surface area (Å²) >= 11 is 0. The summed E-state index contributed by atoms with van der Waals surface area (Å²) in [5.74, 6) is -0.477. The minimum atomic E-state index is -0.736. The number of fused-ring (bicyclic) bond motifs is 5. The van der Waals surface area contributed by atoms with Gasteiger partial charge in [0.05, 0.1) is 25.4 Å². The fraction of sp³-hybridized carbons (Fsp3) is 0.371. The number of para-hydroxylation sites is 1. The Kier molecular flexibility index (Phi) is 9.30. The van der Waals surface area contributed by atoms with E-state index < -0.39 is 18.2 Å². The zero-order chi connectivity index (χ0) is 30.7. The van der Waals surface area contributed by atoms with Gasteiger partial charge in [-0.25, -0.2) is 0 Å². The molecule has 3 aromatic carbocycles. The van der Waals surface area contributed by atoms with Gasteiger partial charge in [0.1, 0.15) is 5.69 Å². The maximum atomic E-state index is 14.5. The van der Waals surface area contributed by atoms with Crippen molar-refractivity contribution in [3.05, 3.63) is 95.7 Å². The van der Waals surface area contributed by atoms with Crippen LogP contribution in [0.15, 0.2) is 78.9 Å². The van der Waals surface area contributed by atoms with Gasteiger partial charge in [0, 0.05) is 56.7 Å². The molecular weight excluding hydrogens is 542 g/mol. The zero-order valence-electron chi connectivity index (χ0n) is 25.6. The number of aryl methyl sites for hydroxylation is 1. The lowest BCUT2D eigenvalue weighted by Gasteiger charge is -2.35. The van der Waals surface area contributed by atoms with Gasteiger partial charge in [0.2, 0.25) is 0 Å². The van der Waals surface area contributed by atoms with Crippen molar-refractivity contribution in [1.29, 1.82) is 0 Å². The van der Waals surface area contributed by atoms with Gasteiger partial charge < -0.3 is 28.9 Å². The van der Waals surface area contributed by atoms with E-state index in [0.29, 0.717) is 25.4 Å². The van der Waals surface area contributed by atoms with Crippen LogP contribution in [0.1, 0.15) is 41.6 Å². The van der Waals surface area contributed by atoms with E-state index in [-0.39, 0.29) is 24.3 Å². The Labute approximate surface area is 253 Å². The summed E-state index contributed by atoms with van der Waals surface area (Å²) in [4.78, 5) is 31.5. The van der Waals surface area contributed by atoms with E-state index in [2.05, 4.69) is 0 Å². The summed E-state index contributed by atoms with van der Waals surface area (Å²) < 4.78 is 14.2. The fourth-order valence-corrected chi connectivity index (χ4v) is 6.09. The number of carbonyl (C=O) groups is 2. The second-order valence-electron chi connectivity index (χ2n) is 11.5. The van der Waals surface area contributed by atoms with Crippen LogP contribution in [0.5, 0.6) is 0 Å². The predicted molar refractivity (Wildman–Crippen MR) is 168 cm³/mol. The normalized spacial score (nSPS) is 18.8. The molecule has 226 valence electrons. The number of hydrogen-bond acceptors (Lipinski definition) is 5. The molecule has 2 heterocycles. The van der Waals surface area contributed by atoms with E-state index in [1.54, 1.807) is 16.8 Å². The van der Waals surface area contributed by atoms with Gasteiger partial charge in [0.15, 0.2) is 6.10 Å². The largest absolute Gasteiger partial charge is 0.394 e. The Morgan fingerprint density at radius 1 is 1.07 bits per heavy atom. The van der Waals surface area contributed by atoms with Crippen molar-refractivity contribution in [3.63, 3.8) is 0 Å². The van der Waals surface area contributed by atoms with E-state index >= 15 is 0 Å². The number of rotatable bonds is 7. The first kappa shape index (κ1) is 30.5. The first-order chi connectivity index (χ1) is 20.8. The minimum Gasteiger partial charge on any atom is -0.394 e. The van der Waals surface area contributed by atoms with Crippen LogP contribution in [0, 0.1) is 5.92 Å². The van der Waals surface area contributed by atoms with Gasteiger partial charge in [-0.2, -0.15) is 0 Å². The highest BCUT2D eigenvalue weighted by molar-refractivity contribution is 6.10. The van der Waals surface area contributed by atoms with Crippen LogP contribution >= 0.6 is 0 Å². The third-order valence-corrected chi connectivity index (χ3v) is 8.62. The standard InChI is InChI=1S/C35H41N3O5/c1-23-19-38(24(2)21-39)34(40)32-31(28-17-11-12-18-29(28)37(32)4)27-16-10-9-15-26(27)22-43-30(23)20-36(3)35(41)33(42-5)25-13-7-6-8-14-25/h6-18,23-24,30,33,39H,19-22H2,1-5H3/t23-,24+,30+,33+/m1/s1. The molecule has 0 radical (unpaired) electrons. The van der Waals surface area contributed by atoms with Gasteiger partial charge in [-0.3, -0.25) is 9.59 Å². The number of methoxy groups -OCH3 is 1. The number of aliphatic hydroxyl groups is 1. The number of hydrogen-bond donors (Lipinski definition) is 1. The van der Waals surface area contributed by atoms with Crippen molar-refractivity contribution in [2.45, 2.75) is 38.7 Å². The number of amides is 2. The van der Waals surface area contributed by atoms with Crippen LogP contribution in [0.25, 0.3) is 22.0 Å². The van der Waals surface area contributed by atoms with E-state index in [1.165, 1.54) is 7.11 Å². The van der Waals surface area contributed by atoms with Crippen molar-refractivity contribution in [2.24, 2.45) is 13.0 Å². The van der Waals surface area contributed by atoms with E-state index in [1.807, 2.05) is 104 Å². The zero-order valence-corrected chi connectivity index (χ0v) is 25.6. The molecule has 1 aliphatic heterocycles. The van der Waals surface area contributed by atoms with Crippen LogP contribution in [-0.2, 0) is 27.9 Å². The molecule has 0 spiro atoms. The van der Waals surface area contributed by atoms with Gasteiger partial charge >= 0.3 is 0 Å². The lowest BCUT2D eigenvalue weighted by molar-refractivity contribution is -0.143. The quantitative estimate of drug-likeness (QED) is 0.329. The Morgan fingerprint density at radius 3 is 2.47 bits per heavy atom. The molecule has 8 heteroatoms. The summed E-state index contributed by atoms with van der Waals surface area (Å²) in [5, 5.41) is 11.2. The highest BCUT2D eigenvalue weighted by Gasteiger charge is 2.34. The monoisotopic (exact) mass is 583 g/mol. The second kappa shape index (κ2) is 13.1. The molecule has 43 heavy (non-hydrogen) atoms. The van der Waals surface area contributed by atoms with Crippen LogP contribution < -0.4 is 0 Å². The van der Waals surface area contributed by atoms with Gasteiger partial charge in [-0.1, -0.05) is 79.7 Å². The molecule has 4 atom stereocenters. The summed E-state index contributed by atoms with van der Waals surface area (Å²) in [6, 6.07) is 25.1. The number of aliphatic hydroxyl groups excluding tert-OH is 1. The Hall–Kier alpha value is -3.98. The van der Waals surface area contributed by atoms with Crippen LogP contribution in [0.3, 0.4) is 0 Å². The molecule has 5 rings (SSSR count). The lowest BCUT2D eigenvalue weighted by atomic mass is 9.96. The predicted octanol–water partition coefficient (Wildman–Crippen LogP) is 5.05. The van der Waals surface area contributed by atoms with Gasteiger partial charge in [0.25, 0.3) is 11.8 Å². The minimum absolute atomic E-state index is 0.148. The highest BCUT2D eigenvalue weighted by Crippen LogP contribution is 2.38. The van der Waals surface area contributed by atoms with Crippen LogP contribution in [0.4, 0.5) is 0 Å². The molecule has 0 saturated heterocycles. The first-order valence-corrected chi connectivity index (χ1v) is 14.8. The van der Waals surface area contributed by atoms with E-state index in [4.69, 9.17) is 9.47 Å². The average Bonchev–Trinajstić information content (AvgIpc) is 3.32. The van der Waals surface area contributed by atoms with E-state index in [9.17, 15) is 14.7 Å². The molecule has 0 aliphatic carbocycles. The summed E-state index contributed by atoms with van der Waals surface area (Å²) in [6.45, 7) is 4.67. The third-order valence-electron chi connectivity index (χ3n) is 8.62. The molecule has 4 aromatic rings. The maximum Gasteiger partial charge on any atom is 0.271 e. The summed E-state index contributed by atoms with van der Waals surface area (Å²) in [7, 11) is 5.21. The molecule has 0 unspecified atom stereocenters. The SMILES string of the molecule is CO[C@H](C(=O)N(C)C[C@@H]1OCc2ccccc2-c2c(n(C)c3ccccc23)C(=O)N([C@@H](C)CO)C[C@H]1C)c1ccccc1. The Morgan fingerprint density at radius 2 is 1.74 bits per heavy atom. The van der Waals surface area contributed by atoms with Crippen molar-refractivity contribution in [3.8, 4) is 11.1 Å². The molecule has 1 aromatic heterocycles. The number of nitrogens with zero attached hydrogens (tertiary/aromatic N) is 3. The molecular formula is C35H41N3O5. The summed E-state index contributed by atoms with van der Waals surface area (Å²) in [6.07, 6.45) is -1.13. The average molecular weight is 584 g/mol. The Balaban J connectivity index is 1.55. The molecule has 1 N–H and O–H groups in total.